The molecule has 0 saturated carbocycles. The minimum absolute atomic E-state index is 0.0524. The van der Waals surface area contributed by atoms with Crippen LogP contribution in [0, 0.1) is 0 Å². The van der Waals surface area contributed by atoms with Crippen LogP contribution in [0.15, 0.2) is 11.6 Å². The first kappa shape index (κ1) is 10.2. The first-order valence-electron chi connectivity index (χ1n) is 4.09. The zero-order valence-corrected chi connectivity index (χ0v) is 7.61. The van der Waals surface area contributed by atoms with E-state index in [-0.39, 0.29) is 5.91 Å². The predicted molar refractivity (Wildman–Crippen MR) is 47.3 cm³/mol. The van der Waals surface area contributed by atoms with Crippen molar-refractivity contribution >= 4 is 5.91 Å². The van der Waals surface area contributed by atoms with Crippen molar-refractivity contribution in [2.75, 3.05) is 6.54 Å². The minimum Gasteiger partial charge on any atom is -0.356 e. The summed E-state index contributed by atoms with van der Waals surface area (Å²) in [6.45, 7) is 6.47. The fraction of sp³-hybridized carbons (Fsp3) is 0.667. The average Bonchev–Trinajstić information content (AvgIpc) is 1.98. The minimum atomic E-state index is 0.0524. The summed E-state index contributed by atoms with van der Waals surface area (Å²) in [6, 6.07) is 0. The zero-order chi connectivity index (χ0) is 8.69. The van der Waals surface area contributed by atoms with Crippen molar-refractivity contribution in [3.8, 4) is 0 Å². The summed E-state index contributed by atoms with van der Waals surface area (Å²) >= 11 is 0. The molecule has 0 saturated heterocycles. The molecular formula is C9H17NO. The van der Waals surface area contributed by atoms with Gasteiger partial charge in [-0.3, -0.25) is 4.79 Å². The largest absolute Gasteiger partial charge is 0.356 e. The predicted octanol–water partition coefficient (Wildman–Crippen LogP) is 1.87. The number of amides is 1. The molecule has 0 aromatic rings. The van der Waals surface area contributed by atoms with Gasteiger partial charge in [0, 0.05) is 13.5 Å². The van der Waals surface area contributed by atoms with Gasteiger partial charge in [0.2, 0.25) is 5.91 Å². The molecule has 0 aromatic heterocycles. The normalized spacial score (nSPS) is 11.4. The topological polar surface area (TPSA) is 29.1 Å². The monoisotopic (exact) mass is 155 g/mol. The Kier molecular flexibility index (Phi) is 5.53. The van der Waals surface area contributed by atoms with Crippen molar-refractivity contribution in [2.45, 2.75) is 33.6 Å². The van der Waals surface area contributed by atoms with Crippen LogP contribution in [0.4, 0.5) is 0 Å². The lowest BCUT2D eigenvalue weighted by atomic mass is 10.1. The number of nitrogens with one attached hydrogen (secondary N) is 1. The van der Waals surface area contributed by atoms with E-state index in [9.17, 15) is 4.79 Å². The lowest BCUT2D eigenvalue weighted by Gasteiger charge is -2.03. The van der Waals surface area contributed by atoms with Crippen LogP contribution in [0.1, 0.15) is 33.6 Å². The summed E-state index contributed by atoms with van der Waals surface area (Å²) < 4.78 is 0. The summed E-state index contributed by atoms with van der Waals surface area (Å²) in [7, 11) is 0. The third-order valence-corrected chi connectivity index (χ3v) is 1.68. The van der Waals surface area contributed by atoms with E-state index < -0.39 is 0 Å². The molecule has 11 heavy (non-hydrogen) atoms. The second-order valence-electron chi connectivity index (χ2n) is 2.53. The van der Waals surface area contributed by atoms with E-state index in [4.69, 9.17) is 0 Å². The molecule has 0 aliphatic rings. The molecule has 0 bridgehead atoms. The summed E-state index contributed by atoms with van der Waals surface area (Å²) in [5, 5.41) is 2.76. The Morgan fingerprint density at radius 2 is 2.18 bits per heavy atom. The molecule has 0 atom stereocenters. The zero-order valence-electron chi connectivity index (χ0n) is 7.61. The van der Waals surface area contributed by atoms with Crippen LogP contribution < -0.4 is 5.32 Å². The van der Waals surface area contributed by atoms with Gasteiger partial charge in [-0.2, -0.15) is 0 Å². The van der Waals surface area contributed by atoms with E-state index >= 15 is 0 Å². The highest BCUT2D eigenvalue weighted by atomic mass is 16.1. The molecule has 2 heteroatoms. The van der Waals surface area contributed by atoms with E-state index in [1.54, 1.807) is 6.92 Å². The maximum atomic E-state index is 10.5. The number of allylic oxidation sites excluding steroid dienone is 1. The summed E-state index contributed by atoms with van der Waals surface area (Å²) in [5.41, 5.74) is 1.40. The van der Waals surface area contributed by atoms with Crippen LogP contribution in [0.25, 0.3) is 0 Å². The van der Waals surface area contributed by atoms with E-state index in [0.29, 0.717) is 0 Å². The maximum absolute atomic E-state index is 10.5. The Balaban J connectivity index is 3.45. The molecule has 0 aromatic carbocycles. The van der Waals surface area contributed by atoms with Gasteiger partial charge in [0.1, 0.15) is 0 Å². The van der Waals surface area contributed by atoms with Crippen LogP contribution in [0.3, 0.4) is 0 Å². The van der Waals surface area contributed by atoms with Crippen molar-refractivity contribution in [3.63, 3.8) is 0 Å². The van der Waals surface area contributed by atoms with Crippen molar-refractivity contribution in [1.29, 1.82) is 0 Å². The fourth-order valence-electron chi connectivity index (χ4n) is 0.924. The number of carbonyl (C=O) groups is 1. The van der Waals surface area contributed by atoms with E-state index in [2.05, 4.69) is 18.3 Å². The van der Waals surface area contributed by atoms with Crippen LogP contribution in [-0.4, -0.2) is 12.5 Å². The third kappa shape index (κ3) is 5.64. The molecule has 1 amide bonds. The van der Waals surface area contributed by atoms with Crippen LogP contribution in [-0.2, 0) is 4.79 Å². The Hall–Kier alpha value is -0.790. The highest BCUT2D eigenvalue weighted by molar-refractivity contribution is 5.72. The molecule has 0 radical (unpaired) electrons. The number of carbonyl (C=O) groups excluding carboxylic acids is 1. The SMILES string of the molecule is CC=C(CC)CCNC(C)=O. The van der Waals surface area contributed by atoms with Gasteiger partial charge in [0.05, 0.1) is 0 Å². The van der Waals surface area contributed by atoms with Crippen molar-refractivity contribution in [2.24, 2.45) is 0 Å². The van der Waals surface area contributed by atoms with Crippen LogP contribution in [0.2, 0.25) is 0 Å². The van der Waals surface area contributed by atoms with Gasteiger partial charge in [-0.15, -0.1) is 0 Å². The van der Waals surface area contributed by atoms with Gasteiger partial charge in [0.15, 0.2) is 0 Å². The third-order valence-electron chi connectivity index (χ3n) is 1.68. The Bertz CT molecular complexity index is 150. The number of rotatable bonds is 4. The lowest BCUT2D eigenvalue weighted by Crippen LogP contribution is -2.21. The molecule has 64 valence electrons. The highest BCUT2D eigenvalue weighted by Gasteiger charge is 1.93. The molecule has 0 aliphatic heterocycles. The molecule has 2 nitrogen and oxygen atoms in total. The molecule has 0 heterocycles. The van der Waals surface area contributed by atoms with E-state index in [1.165, 1.54) is 5.57 Å². The molecule has 1 N–H and O–H groups in total. The molecule has 0 spiro atoms. The summed E-state index contributed by atoms with van der Waals surface area (Å²) in [4.78, 5) is 10.5. The summed E-state index contributed by atoms with van der Waals surface area (Å²) in [6.07, 6.45) is 4.17. The van der Waals surface area contributed by atoms with Crippen molar-refractivity contribution in [1.82, 2.24) is 5.32 Å². The maximum Gasteiger partial charge on any atom is 0.216 e. The summed E-state index contributed by atoms with van der Waals surface area (Å²) in [5.74, 6) is 0.0524. The molecule has 0 fully saturated rings. The van der Waals surface area contributed by atoms with Crippen LogP contribution in [0.5, 0.6) is 0 Å². The molecular weight excluding hydrogens is 138 g/mol. The van der Waals surface area contributed by atoms with Gasteiger partial charge in [-0.25, -0.2) is 0 Å². The van der Waals surface area contributed by atoms with Crippen molar-refractivity contribution in [3.05, 3.63) is 11.6 Å². The Morgan fingerprint density at radius 1 is 1.55 bits per heavy atom. The molecule has 0 unspecified atom stereocenters. The average molecular weight is 155 g/mol. The fourth-order valence-corrected chi connectivity index (χ4v) is 0.924. The quantitative estimate of drug-likeness (QED) is 0.617. The number of hydrogen-bond acceptors (Lipinski definition) is 1. The highest BCUT2D eigenvalue weighted by Crippen LogP contribution is 2.03. The second kappa shape index (κ2) is 5.96. The van der Waals surface area contributed by atoms with Crippen LogP contribution >= 0.6 is 0 Å². The van der Waals surface area contributed by atoms with Gasteiger partial charge in [0.25, 0.3) is 0 Å². The standard InChI is InChI=1S/C9H17NO/c1-4-9(5-2)6-7-10-8(3)11/h4H,5-7H2,1-3H3,(H,10,11). The first-order valence-corrected chi connectivity index (χ1v) is 4.09. The Morgan fingerprint density at radius 3 is 2.55 bits per heavy atom. The molecule has 0 aliphatic carbocycles. The van der Waals surface area contributed by atoms with Gasteiger partial charge in [-0.05, 0) is 19.8 Å². The van der Waals surface area contributed by atoms with E-state index in [1.807, 2.05) is 6.92 Å². The lowest BCUT2D eigenvalue weighted by molar-refractivity contribution is -0.118. The van der Waals surface area contributed by atoms with E-state index in [0.717, 1.165) is 19.4 Å². The first-order chi connectivity index (χ1) is 5.20. The van der Waals surface area contributed by atoms with Gasteiger partial charge in [-0.1, -0.05) is 18.6 Å². The van der Waals surface area contributed by atoms with Gasteiger partial charge >= 0.3 is 0 Å². The van der Waals surface area contributed by atoms with Gasteiger partial charge < -0.3 is 5.32 Å². The number of hydrogen-bond donors (Lipinski definition) is 1. The van der Waals surface area contributed by atoms with Crippen molar-refractivity contribution < 1.29 is 4.79 Å². The second-order valence-corrected chi connectivity index (χ2v) is 2.53. The Labute approximate surface area is 68.7 Å². The smallest absolute Gasteiger partial charge is 0.216 e. The molecule has 0 rings (SSSR count).